The normalized spacial score (nSPS) is 12.6. The van der Waals surface area contributed by atoms with Crippen molar-refractivity contribution in [1.82, 2.24) is 29.9 Å². The first kappa shape index (κ1) is 43.8. The second-order valence-corrected chi connectivity index (χ2v) is 17.3. The molecule has 24 heteroatoms. The highest BCUT2D eigenvalue weighted by atomic mass is 31.2. The van der Waals surface area contributed by atoms with Crippen LogP contribution < -0.4 is 32.9 Å². The van der Waals surface area contributed by atoms with E-state index in [1.165, 1.54) is 0 Å². The molecule has 2 aromatic heterocycles. The molecule has 0 atom stereocenters. The van der Waals surface area contributed by atoms with Crippen LogP contribution in [-0.2, 0) is 54.5 Å². The molecule has 0 aliphatic carbocycles. The van der Waals surface area contributed by atoms with E-state index in [-0.39, 0.29) is 64.8 Å². The number of hydrogen-bond donors (Lipinski definition) is 2. The molecule has 290 valence electrons. The topological polar surface area (TPSA) is 244 Å². The molecule has 2 N–H and O–H groups in total. The predicted octanol–water partition coefficient (Wildman–Crippen LogP) is 5.11. The van der Waals surface area contributed by atoms with Crippen molar-refractivity contribution in [3.8, 4) is 0 Å². The third-order valence-corrected chi connectivity index (χ3v) is 13.5. The third kappa shape index (κ3) is 11.2. The Labute approximate surface area is 303 Å². The average molecular weight is 811 g/mol. The molecule has 0 bridgehead atoms. The van der Waals surface area contributed by atoms with Crippen molar-refractivity contribution in [2.75, 3.05) is 63.5 Å². The lowest BCUT2D eigenvalue weighted by Crippen LogP contribution is -2.31. The molecule has 52 heavy (non-hydrogen) atoms. The minimum absolute atomic E-state index is 0.000948. The smallest absolute Gasteiger partial charge is 0.324 e. The molecular weight excluding hydrogens is 764 g/mol. The third-order valence-electron chi connectivity index (χ3n) is 5.97. The van der Waals surface area contributed by atoms with Gasteiger partial charge in [0.2, 0.25) is 34.2 Å². The van der Waals surface area contributed by atoms with E-state index in [9.17, 15) is 18.3 Å². The van der Waals surface area contributed by atoms with Gasteiger partial charge in [-0.1, -0.05) is 6.07 Å². The Morgan fingerprint density at radius 1 is 0.423 bits per heavy atom. The van der Waals surface area contributed by atoms with Crippen LogP contribution in [0.4, 0.5) is 23.3 Å². The summed E-state index contributed by atoms with van der Waals surface area (Å²) in [5, 5.41) is 5.95. The van der Waals surface area contributed by atoms with E-state index in [4.69, 9.17) is 36.2 Å². The fraction of sp³-hybridized carbons (Fsp3) is 0.571. The number of hydrogen-bond acceptors (Lipinski definition) is 20. The molecule has 0 spiro atoms. The van der Waals surface area contributed by atoms with Gasteiger partial charge in [-0.05, 0) is 73.6 Å². The maximum atomic E-state index is 13.7. The van der Waals surface area contributed by atoms with Crippen LogP contribution in [0.25, 0.3) is 0 Å². The Hall–Kier alpha value is -2.56. The van der Waals surface area contributed by atoms with Crippen LogP contribution in [0.3, 0.4) is 0 Å². The number of rotatable bonds is 24. The lowest BCUT2D eigenvalue weighted by molar-refractivity contribution is 0.225. The summed E-state index contributed by atoms with van der Waals surface area (Å²) in [6.45, 7) is 12.9. The van der Waals surface area contributed by atoms with Crippen LogP contribution in [0, 0.1) is 0 Å². The summed E-state index contributed by atoms with van der Waals surface area (Å²) >= 11 is 0. The lowest BCUT2D eigenvalue weighted by atomic mass is 10.3. The zero-order valence-electron chi connectivity index (χ0n) is 30.3. The predicted molar refractivity (Wildman–Crippen MR) is 195 cm³/mol. The summed E-state index contributed by atoms with van der Waals surface area (Å²) < 4.78 is 98.4. The van der Waals surface area contributed by atoms with Crippen molar-refractivity contribution in [3.63, 3.8) is 0 Å². The Morgan fingerprint density at radius 2 is 0.654 bits per heavy atom. The van der Waals surface area contributed by atoms with Crippen molar-refractivity contribution in [3.05, 3.63) is 24.3 Å². The summed E-state index contributed by atoms with van der Waals surface area (Å²) in [6.07, 6.45) is 0. The van der Waals surface area contributed by atoms with Gasteiger partial charge in [0.25, 0.3) is 0 Å². The highest BCUT2D eigenvalue weighted by Gasteiger charge is 2.39. The highest BCUT2D eigenvalue weighted by molar-refractivity contribution is 7.63. The van der Waals surface area contributed by atoms with Crippen molar-refractivity contribution in [1.29, 1.82) is 0 Å². The minimum atomic E-state index is -4.11. The van der Waals surface area contributed by atoms with Gasteiger partial charge in [-0.25, -0.2) is 0 Å². The Kier molecular flexibility index (Phi) is 17.0. The second kappa shape index (κ2) is 20.2. The van der Waals surface area contributed by atoms with E-state index in [0.29, 0.717) is 11.4 Å². The number of anilines is 4. The second-order valence-electron chi connectivity index (χ2n) is 9.68. The maximum Gasteiger partial charge on any atom is 0.398 e. The van der Waals surface area contributed by atoms with E-state index in [1.54, 1.807) is 79.7 Å². The zero-order valence-corrected chi connectivity index (χ0v) is 33.9. The molecule has 3 rings (SSSR count). The fourth-order valence-electron chi connectivity index (χ4n) is 4.21. The molecule has 2 heterocycles. The van der Waals surface area contributed by atoms with Crippen LogP contribution in [0.5, 0.6) is 0 Å². The van der Waals surface area contributed by atoms with Gasteiger partial charge in [0.05, 0.1) is 52.9 Å². The number of benzene rings is 1. The summed E-state index contributed by atoms with van der Waals surface area (Å²) in [6, 6.07) is 6.51. The SMILES string of the molecule is CCOP(=O)(OCC)c1nc(Nc2cccc(Nc3nc(P(=O)(OCC)OCC)nc(P(=O)(OCC)OCC)n3)c2)nc(P(=O)(OCC)OCC)n1. The highest BCUT2D eigenvalue weighted by Crippen LogP contribution is 2.50. The molecule has 0 radical (unpaired) electrons. The summed E-state index contributed by atoms with van der Waals surface area (Å²) in [4.78, 5) is 25.5. The zero-order chi connectivity index (χ0) is 38.4. The Morgan fingerprint density at radius 3 is 0.865 bits per heavy atom. The molecule has 0 aliphatic heterocycles. The van der Waals surface area contributed by atoms with E-state index >= 15 is 0 Å². The van der Waals surface area contributed by atoms with Gasteiger partial charge in [-0.2, -0.15) is 29.9 Å². The van der Waals surface area contributed by atoms with E-state index < -0.39 is 52.6 Å². The van der Waals surface area contributed by atoms with Crippen molar-refractivity contribution >= 4 is 75.9 Å². The van der Waals surface area contributed by atoms with E-state index in [0.717, 1.165) is 0 Å². The summed E-state index contributed by atoms with van der Waals surface area (Å²) in [7, 11) is -16.4. The molecule has 0 saturated heterocycles. The van der Waals surface area contributed by atoms with E-state index in [1.807, 2.05) is 0 Å². The quantitative estimate of drug-likeness (QED) is 0.112. The molecule has 3 aromatic rings. The molecule has 20 nitrogen and oxygen atoms in total. The average Bonchev–Trinajstić information content (AvgIpc) is 3.09. The van der Waals surface area contributed by atoms with Crippen molar-refractivity contribution in [2.24, 2.45) is 0 Å². The lowest BCUT2D eigenvalue weighted by Gasteiger charge is -2.20. The molecule has 0 amide bonds. The Bertz CT molecular complexity index is 1560. The Balaban J connectivity index is 2.14. The standard InChI is InChI=1S/C28H46N8O12P4/c1-9-41-49(37,42-10-2)25-31-23(32-26(35-25)50(38,43-11-3)44-12-4)29-21-18-17-19-22(20-21)30-24-33-27(51(39,45-13-5)46-14-6)36-28(34-24)52(40,47-15-7)48-16-8/h17-20H,9-16H2,1-8H3,(H,29,31,32,35)(H,30,33,34,36). The van der Waals surface area contributed by atoms with Crippen LogP contribution in [-0.4, -0.2) is 82.8 Å². The maximum absolute atomic E-state index is 13.7. The van der Waals surface area contributed by atoms with Crippen molar-refractivity contribution < 1.29 is 54.5 Å². The largest absolute Gasteiger partial charge is 0.398 e. The van der Waals surface area contributed by atoms with Gasteiger partial charge in [-0.15, -0.1) is 0 Å². The van der Waals surface area contributed by atoms with Gasteiger partial charge < -0.3 is 46.8 Å². The first-order valence-corrected chi connectivity index (χ1v) is 22.7. The minimum Gasteiger partial charge on any atom is -0.324 e. The van der Waals surface area contributed by atoms with Crippen LogP contribution in [0.1, 0.15) is 55.4 Å². The molecule has 0 aliphatic rings. The molecule has 0 unspecified atom stereocenters. The number of nitrogens with one attached hydrogen (secondary N) is 2. The number of nitrogens with zero attached hydrogens (tertiary/aromatic N) is 6. The van der Waals surface area contributed by atoms with Crippen molar-refractivity contribution in [2.45, 2.75) is 55.4 Å². The van der Waals surface area contributed by atoms with Gasteiger partial charge in [-0.3, -0.25) is 18.3 Å². The first-order valence-electron chi connectivity index (χ1n) is 16.6. The van der Waals surface area contributed by atoms with Gasteiger partial charge >= 0.3 is 30.4 Å². The first-order chi connectivity index (χ1) is 24.8. The molecule has 1 aromatic carbocycles. The van der Waals surface area contributed by atoms with Gasteiger partial charge in [0.1, 0.15) is 0 Å². The van der Waals surface area contributed by atoms with Gasteiger partial charge in [0, 0.05) is 11.4 Å². The number of aromatic nitrogens is 6. The fourth-order valence-corrected chi connectivity index (χ4v) is 10.0. The van der Waals surface area contributed by atoms with Crippen LogP contribution in [0.15, 0.2) is 24.3 Å². The van der Waals surface area contributed by atoms with E-state index in [2.05, 4.69) is 40.5 Å². The molecule has 0 fully saturated rings. The molecule has 0 saturated carbocycles. The summed E-state index contributed by atoms with van der Waals surface area (Å²) in [5.74, 6) is -0.380. The van der Waals surface area contributed by atoms with Gasteiger partial charge in [0.15, 0.2) is 0 Å². The van der Waals surface area contributed by atoms with Crippen LogP contribution >= 0.6 is 30.4 Å². The monoisotopic (exact) mass is 810 g/mol. The van der Waals surface area contributed by atoms with Crippen LogP contribution in [0.2, 0.25) is 0 Å². The molecular formula is C28H46N8O12P4. The summed E-state index contributed by atoms with van der Waals surface area (Å²) in [5.41, 5.74) is -0.936.